The first kappa shape index (κ1) is 13.6. The third kappa shape index (κ3) is 4.10. The lowest BCUT2D eigenvalue weighted by Gasteiger charge is -2.24. The van der Waals surface area contributed by atoms with Crippen LogP contribution < -0.4 is 5.32 Å². The van der Waals surface area contributed by atoms with E-state index in [2.05, 4.69) is 35.6 Å². The zero-order valence-corrected chi connectivity index (χ0v) is 11.8. The molecule has 1 aromatic heterocycles. The Bertz CT molecular complexity index is 361. The summed E-state index contributed by atoms with van der Waals surface area (Å²) in [6.45, 7) is 10.3. The number of rotatable bonds is 4. The third-order valence-electron chi connectivity index (χ3n) is 3.39. The Labute approximate surface area is 110 Å². The van der Waals surface area contributed by atoms with E-state index in [9.17, 15) is 0 Å². The Morgan fingerprint density at radius 2 is 2.11 bits per heavy atom. The standard InChI is InChI=1S/C14H25N3O/c1-14(2,3)16-9-13-8-15-11-17(13)10-12-4-6-18-7-5-12/h8,11-12,16H,4-7,9-10H2,1-3H3. The second kappa shape index (κ2) is 5.85. The van der Waals surface area contributed by atoms with Gasteiger partial charge in [-0.1, -0.05) is 0 Å². The molecule has 4 nitrogen and oxygen atoms in total. The molecule has 102 valence electrons. The molecule has 1 N–H and O–H groups in total. The van der Waals surface area contributed by atoms with Crippen molar-refractivity contribution in [1.29, 1.82) is 0 Å². The quantitative estimate of drug-likeness (QED) is 0.891. The molecule has 0 aliphatic carbocycles. The highest BCUT2D eigenvalue weighted by Crippen LogP contribution is 2.18. The van der Waals surface area contributed by atoms with Crippen LogP contribution in [0.2, 0.25) is 0 Å². The van der Waals surface area contributed by atoms with Crippen molar-refractivity contribution >= 4 is 0 Å². The van der Waals surface area contributed by atoms with Crippen LogP contribution in [0.15, 0.2) is 12.5 Å². The predicted octanol–water partition coefficient (Wildman–Crippen LogP) is 2.20. The zero-order valence-electron chi connectivity index (χ0n) is 11.8. The Balaban J connectivity index is 1.90. The van der Waals surface area contributed by atoms with Gasteiger partial charge in [-0.2, -0.15) is 0 Å². The smallest absolute Gasteiger partial charge is 0.0948 e. The van der Waals surface area contributed by atoms with Gasteiger partial charge >= 0.3 is 0 Å². The summed E-state index contributed by atoms with van der Waals surface area (Å²) in [5.41, 5.74) is 1.42. The normalized spacial score (nSPS) is 18.2. The molecule has 1 aliphatic heterocycles. The van der Waals surface area contributed by atoms with Crippen molar-refractivity contribution in [1.82, 2.24) is 14.9 Å². The minimum Gasteiger partial charge on any atom is -0.381 e. The van der Waals surface area contributed by atoms with Gasteiger partial charge in [-0.3, -0.25) is 0 Å². The number of nitrogens with one attached hydrogen (secondary N) is 1. The van der Waals surface area contributed by atoms with Crippen LogP contribution >= 0.6 is 0 Å². The van der Waals surface area contributed by atoms with Gasteiger partial charge in [-0.05, 0) is 39.5 Å². The molecule has 0 aromatic carbocycles. The van der Waals surface area contributed by atoms with E-state index >= 15 is 0 Å². The Hall–Kier alpha value is -0.870. The molecule has 1 aromatic rings. The molecule has 1 fully saturated rings. The molecular formula is C14H25N3O. The SMILES string of the molecule is CC(C)(C)NCc1cncn1CC1CCOCC1. The van der Waals surface area contributed by atoms with Gasteiger partial charge in [0.1, 0.15) is 0 Å². The summed E-state index contributed by atoms with van der Waals surface area (Å²) in [6.07, 6.45) is 6.27. The van der Waals surface area contributed by atoms with Crippen molar-refractivity contribution in [3.05, 3.63) is 18.2 Å². The van der Waals surface area contributed by atoms with E-state index in [0.717, 1.165) is 32.2 Å². The average Bonchev–Trinajstić information content (AvgIpc) is 2.74. The molecule has 0 unspecified atom stereocenters. The fourth-order valence-corrected chi connectivity index (χ4v) is 2.22. The van der Waals surface area contributed by atoms with Crippen LogP contribution in [-0.2, 0) is 17.8 Å². The zero-order chi connectivity index (χ0) is 13.0. The second-order valence-corrected chi connectivity index (χ2v) is 6.20. The van der Waals surface area contributed by atoms with Crippen LogP contribution in [0.5, 0.6) is 0 Å². The Morgan fingerprint density at radius 3 is 2.78 bits per heavy atom. The summed E-state index contributed by atoms with van der Waals surface area (Å²) >= 11 is 0. The lowest BCUT2D eigenvalue weighted by atomic mass is 10.0. The van der Waals surface area contributed by atoms with Gasteiger partial charge in [0.2, 0.25) is 0 Å². The molecule has 0 amide bonds. The maximum Gasteiger partial charge on any atom is 0.0948 e. The second-order valence-electron chi connectivity index (χ2n) is 6.20. The maximum absolute atomic E-state index is 5.40. The Kier molecular flexibility index (Phi) is 4.40. The van der Waals surface area contributed by atoms with E-state index in [4.69, 9.17) is 4.74 Å². The number of aromatic nitrogens is 2. The van der Waals surface area contributed by atoms with Gasteiger partial charge in [0.25, 0.3) is 0 Å². The molecule has 2 rings (SSSR count). The highest BCUT2D eigenvalue weighted by Gasteiger charge is 2.16. The molecule has 0 bridgehead atoms. The van der Waals surface area contributed by atoms with Crippen LogP contribution in [0.3, 0.4) is 0 Å². The van der Waals surface area contributed by atoms with E-state index < -0.39 is 0 Å². The van der Waals surface area contributed by atoms with Gasteiger partial charge in [0, 0.05) is 38.0 Å². The van der Waals surface area contributed by atoms with E-state index in [0.29, 0.717) is 0 Å². The molecule has 1 aliphatic rings. The number of hydrogen-bond acceptors (Lipinski definition) is 3. The highest BCUT2D eigenvalue weighted by molar-refractivity contribution is 4.99. The van der Waals surface area contributed by atoms with Crippen LogP contribution in [0.4, 0.5) is 0 Å². The topological polar surface area (TPSA) is 39.1 Å². The Morgan fingerprint density at radius 1 is 1.39 bits per heavy atom. The van der Waals surface area contributed by atoms with Crippen molar-refractivity contribution in [2.24, 2.45) is 5.92 Å². The van der Waals surface area contributed by atoms with Crippen LogP contribution in [0, 0.1) is 5.92 Å². The molecule has 0 atom stereocenters. The number of imidazole rings is 1. The fraction of sp³-hybridized carbons (Fsp3) is 0.786. The number of ether oxygens (including phenoxy) is 1. The first-order valence-corrected chi connectivity index (χ1v) is 6.86. The first-order valence-electron chi connectivity index (χ1n) is 6.86. The minimum absolute atomic E-state index is 0.147. The molecule has 2 heterocycles. The molecule has 0 spiro atoms. The monoisotopic (exact) mass is 251 g/mol. The van der Waals surface area contributed by atoms with Crippen molar-refractivity contribution in [3.8, 4) is 0 Å². The van der Waals surface area contributed by atoms with Crippen LogP contribution in [0.1, 0.15) is 39.3 Å². The molecule has 4 heteroatoms. The maximum atomic E-state index is 5.40. The number of nitrogens with zero attached hydrogens (tertiary/aromatic N) is 2. The average molecular weight is 251 g/mol. The summed E-state index contributed by atoms with van der Waals surface area (Å²) < 4.78 is 7.69. The summed E-state index contributed by atoms with van der Waals surface area (Å²) in [7, 11) is 0. The van der Waals surface area contributed by atoms with Crippen molar-refractivity contribution in [2.75, 3.05) is 13.2 Å². The van der Waals surface area contributed by atoms with E-state index in [1.807, 2.05) is 12.5 Å². The molecule has 0 radical (unpaired) electrons. The fourth-order valence-electron chi connectivity index (χ4n) is 2.22. The van der Waals surface area contributed by atoms with E-state index in [-0.39, 0.29) is 5.54 Å². The summed E-state index contributed by atoms with van der Waals surface area (Å²) in [6, 6.07) is 0. The molecule has 1 saturated heterocycles. The molecule has 0 saturated carbocycles. The predicted molar refractivity (Wildman–Crippen MR) is 72.4 cm³/mol. The van der Waals surface area contributed by atoms with E-state index in [1.54, 1.807) is 0 Å². The summed E-state index contributed by atoms with van der Waals surface area (Å²) in [4.78, 5) is 4.28. The molecule has 18 heavy (non-hydrogen) atoms. The van der Waals surface area contributed by atoms with Gasteiger partial charge in [0.15, 0.2) is 0 Å². The van der Waals surface area contributed by atoms with Crippen molar-refractivity contribution < 1.29 is 4.74 Å². The highest BCUT2D eigenvalue weighted by atomic mass is 16.5. The van der Waals surface area contributed by atoms with Crippen LogP contribution in [-0.4, -0.2) is 28.3 Å². The lowest BCUT2D eigenvalue weighted by Crippen LogP contribution is -2.35. The lowest BCUT2D eigenvalue weighted by molar-refractivity contribution is 0.0610. The van der Waals surface area contributed by atoms with Crippen LogP contribution in [0.25, 0.3) is 0 Å². The largest absolute Gasteiger partial charge is 0.381 e. The van der Waals surface area contributed by atoms with Gasteiger partial charge in [0.05, 0.1) is 12.0 Å². The summed E-state index contributed by atoms with van der Waals surface area (Å²) in [5.74, 6) is 0.737. The van der Waals surface area contributed by atoms with Gasteiger partial charge in [-0.25, -0.2) is 4.98 Å². The van der Waals surface area contributed by atoms with Crippen molar-refractivity contribution in [3.63, 3.8) is 0 Å². The summed E-state index contributed by atoms with van der Waals surface area (Å²) in [5, 5.41) is 3.52. The minimum atomic E-state index is 0.147. The van der Waals surface area contributed by atoms with Gasteiger partial charge < -0.3 is 14.6 Å². The van der Waals surface area contributed by atoms with Crippen molar-refractivity contribution in [2.45, 2.75) is 52.2 Å². The molecular weight excluding hydrogens is 226 g/mol. The number of hydrogen-bond donors (Lipinski definition) is 1. The van der Waals surface area contributed by atoms with Gasteiger partial charge in [-0.15, -0.1) is 0 Å². The third-order valence-corrected chi connectivity index (χ3v) is 3.39. The van der Waals surface area contributed by atoms with E-state index in [1.165, 1.54) is 18.5 Å². The first-order chi connectivity index (χ1) is 8.54.